The highest BCUT2D eigenvalue weighted by Gasteiger charge is 2.31. The molecule has 0 saturated heterocycles. The maximum atomic E-state index is 12.7. The summed E-state index contributed by atoms with van der Waals surface area (Å²) in [5.74, 6) is -5.92. The van der Waals surface area contributed by atoms with Crippen LogP contribution >= 0.6 is 0 Å². The van der Waals surface area contributed by atoms with E-state index in [0.717, 1.165) is 0 Å². The SMILES string of the molecule is CC(C)CC(N)C(=O)NC(CCC(N)=O)C(=O)NC(CC(N)=O)C(=O)NC(CO)C(=O)O. The fourth-order valence-corrected chi connectivity index (χ4v) is 2.59. The van der Waals surface area contributed by atoms with Crippen molar-refractivity contribution in [3.63, 3.8) is 0 Å². The van der Waals surface area contributed by atoms with Crippen LogP contribution in [0.3, 0.4) is 0 Å². The summed E-state index contributed by atoms with van der Waals surface area (Å²) in [5, 5.41) is 24.5. The minimum absolute atomic E-state index is 0.0889. The first-order valence-electron chi connectivity index (χ1n) is 9.85. The number of carbonyl (C=O) groups is 6. The van der Waals surface area contributed by atoms with Crippen molar-refractivity contribution >= 4 is 35.5 Å². The number of rotatable bonds is 15. The number of aliphatic carboxylic acids is 1. The van der Waals surface area contributed by atoms with Crippen molar-refractivity contribution in [3.05, 3.63) is 0 Å². The molecule has 4 unspecified atom stereocenters. The van der Waals surface area contributed by atoms with Crippen LogP contribution in [-0.4, -0.2) is 76.5 Å². The Morgan fingerprint density at radius 1 is 0.812 bits per heavy atom. The second kappa shape index (κ2) is 13.9. The lowest BCUT2D eigenvalue weighted by Gasteiger charge is -2.24. The monoisotopic (exact) mass is 460 g/mol. The van der Waals surface area contributed by atoms with E-state index in [9.17, 15) is 28.8 Å². The van der Waals surface area contributed by atoms with Gasteiger partial charge in [0.25, 0.3) is 0 Å². The topological polar surface area (TPSA) is 257 Å². The second-order valence-corrected chi connectivity index (χ2v) is 7.62. The van der Waals surface area contributed by atoms with Crippen LogP contribution in [0, 0.1) is 5.92 Å². The van der Waals surface area contributed by atoms with E-state index in [1.165, 1.54) is 0 Å². The van der Waals surface area contributed by atoms with E-state index >= 15 is 0 Å². The van der Waals surface area contributed by atoms with Gasteiger partial charge in [-0.1, -0.05) is 13.8 Å². The van der Waals surface area contributed by atoms with Crippen LogP contribution in [0.5, 0.6) is 0 Å². The van der Waals surface area contributed by atoms with Gasteiger partial charge in [0, 0.05) is 6.42 Å². The fourth-order valence-electron chi connectivity index (χ4n) is 2.59. The number of hydrogen-bond donors (Lipinski definition) is 8. The highest BCUT2D eigenvalue weighted by molar-refractivity contribution is 5.96. The molecule has 0 spiro atoms. The number of carboxylic acid groups (broad SMARTS) is 1. The van der Waals surface area contributed by atoms with E-state index < -0.39 is 72.7 Å². The molecule has 0 heterocycles. The molecule has 0 aliphatic carbocycles. The number of carboxylic acids is 1. The predicted molar refractivity (Wildman–Crippen MR) is 110 cm³/mol. The molecule has 4 atom stereocenters. The van der Waals surface area contributed by atoms with E-state index in [2.05, 4.69) is 10.6 Å². The van der Waals surface area contributed by atoms with Crippen LogP contribution in [0.4, 0.5) is 0 Å². The summed E-state index contributed by atoms with van der Waals surface area (Å²) in [6, 6.07) is -5.56. The highest BCUT2D eigenvalue weighted by Crippen LogP contribution is 2.05. The van der Waals surface area contributed by atoms with E-state index in [1.807, 2.05) is 19.2 Å². The molecular weight excluding hydrogens is 428 g/mol. The Morgan fingerprint density at radius 3 is 1.75 bits per heavy atom. The number of nitrogens with two attached hydrogens (primary N) is 3. The third-order valence-corrected chi connectivity index (χ3v) is 4.21. The average molecular weight is 460 g/mol. The molecule has 0 bridgehead atoms. The maximum Gasteiger partial charge on any atom is 0.328 e. The smallest absolute Gasteiger partial charge is 0.328 e. The standard InChI is InChI=1S/C18H32N6O8/c1-8(2)5-9(19)15(28)22-10(3-4-13(20)26)16(29)23-11(6-14(21)27)17(30)24-12(7-25)18(31)32/h8-12,25H,3-7,19H2,1-2H3,(H2,20,26)(H2,21,27)(H,22,28)(H,23,29)(H,24,30)(H,31,32). The van der Waals surface area contributed by atoms with Gasteiger partial charge in [0.05, 0.1) is 19.1 Å². The molecule has 0 aliphatic rings. The summed E-state index contributed by atoms with van der Waals surface area (Å²) in [7, 11) is 0. The number of hydrogen-bond acceptors (Lipinski definition) is 8. The van der Waals surface area contributed by atoms with Crippen molar-refractivity contribution in [2.45, 2.75) is 63.7 Å². The first-order valence-corrected chi connectivity index (χ1v) is 9.85. The summed E-state index contributed by atoms with van der Waals surface area (Å²) in [4.78, 5) is 70.8. The summed E-state index contributed by atoms with van der Waals surface area (Å²) >= 11 is 0. The van der Waals surface area contributed by atoms with E-state index in [-0.39, 0.29) is 18.8 Å². The van der Waals surface area contributed by atoms with Crippen molar-refractivity contribution in [1.29, 1.82) is 0 Å². The zero-order chi connectivity index (χ0) is 25.0. The summed E-state index contributed by atoms with van der Waals surface area (Å²) in [5.41, 5.74) is 16.0. The van der Waals surface area contributed by atoms with E-state index in [0.29, 0.717) is 6.42 Å². The van der Waals surface area contributed by atoms with Gasteiger partial charge in [-0.25, -0.2) is 4.79 Å². The van der Waals surface area contributed by atoms with Gasteiger partial charge in [-0.05, 0) is 18.8 Å². The Balaban J connectivity index is 5.49. The van der Waals surface area contributed by atoms with E-state index in [4.69, 9.17) is 27.4 Å². The first-order chi connectivity index (χ1) is 14.8. The maximum absolute atomic E-state index is 12.7. The molecule has 5 amide bonds. The van der Waals surface area contributed by atoms with Crippen LogP contribution < -0.4 is 33.2 Å². The molecule has 14 heteroatoms. The molecule has 0 aliphatic heterocycles. The molecule has 0 rings (SSSR count). The van der Waals surface area contributed by atoms with Gasteiger partial charge in [0.15, 0.2) is 0 Å². The van der Waals surface area contributed by atoms with Crippen LogP contribution in [-0.2, 0) is 28.8 Å². The van der Waals surface area contributed by atoms with Crippen molar-refractivity contribution < 1.29 is 39.0 Å². The second-order valence-electron chi connectivity index (χ2n) is 7.62. The lowest BCUT2D eigenvalue weighted by molar-refractivity contribution is -0.143. The summed E-state index contributed by atoms with van der Waals surface area (Å²) in [6.45, 7) is 2.74. The van der Waals surface area contributed by atoms with Gasteiger partial charge in [-0.2, -0.15) is 0 Å². The fraction of sp³-hybridized carbons (Fsp3) is 0.667. The number of nitrogens with one attached hydrogen (secondary N) is 3. The Morgan fingerprint density at radius 2 is 1.31 bits per heavy atom. The zero-order valence-electron chi connectivity index (χ0n) is 18.0. The van der Waals surface area contributed by atoms with E-state index in [1.54, 1.807) is 0 Å². The minimum atomic E-state index is -1.69. The molecule has 11 N–H and O–H groups in total. The van der Waals surface area contributed by atoms with Gasteiger partial charge in [-0.3, -0.25) is 24.0 Å². The molecule has 0 fully saturated rings. The lowest BCUT2D eigenvalue weighted by Crippen LogP contribution is -2.58. The minimum Gasteiger partial charge on any atom is -0.480 e. The number of aliphatic hydroxyl groups excluding tert-OH is 1. The van der Waals surface area contributed by atoms with Gasteiger partial charge >= 0.3 is 5.97 Å². The number of carbonyl (C=O) groups excluding carboxylic acids is 5. The van der Waals surface area contributed by atoms with Crippen LogP contribution in [0.1, 0.15) is 39.5 Å². The molecular formula is C18H32N6O8. The van der Waals surface area contributed by atoms with Crippen LogP contribution in [0.2, 0.25) is 0 Å². The Labute approximate surface area is 184 Å². The molecule has 0 saturated carbocycles. The Hall–Kier alpha value is -3.26. The lowest BCUT2D eigenvalue weighted by atomic mass is 10.0. The third kappa shape index (κ3) is 11.2. The first kappa shape index (κ1) is 28.7. The molecule has 0 radical (unpaired) electrons. The molecule has 0 aromatic carbocycles. The van der Waals surface area contributed by atoms with Gasteiger partial charge < -0.3 is 43.4 Å². The molecule has 0 aromatic heterocycles. The normalized spacial score (nSPS) is 14.5. The number of amides is 5. The largest absolute Gasteiger partial charge is 0.480 e. The summed E-state index contributed by atoms with van der Waals surface area (Å²) < 4.78 is 0. The van der Waals surface area contributed by atoms with Gasteiger partial charge in [0.1, 0.15) is 18.1 Å². The number of aliphatic hydroxyl groups is 1. The molecule has 32 heavy (non-hydrogen) atoms. The summed E-state index contributed by atoms with van der Waals surface area (Å²) in [6.07, 6.45) is -0.879. The Bertz CT molecular complexity index is 714. The third-order valence-electron chi connectivity index (χ3n) is 4.21. The number of primary amides is 2. The van der Waals surface area contributed by atoms with Crippen molar-refractivity contribution in [3.8, 4) is 0 Å². The van der Waals surface area contributed by atoms with Crippen molar-refractivity contribution in [1.82, 2.24) is 16.0 Å². The van der Waals surface area contributed by atoms with Crippen molar-refractivity contribution in [2.75, 3.05) is 6.61 Å². The van der Waals surface area contributed by atoms with Gasteiger partial charge in [0.2, 0.25) is 29.5 Å². The Kier molecular flexibility index (Phi) is 12.5. The quantitative estimate of drug-likeness (QED) is 0.118. The molecule has 182 valence electrons. The highest BCUT2D eigenvalue weighted by atomic mass is 16.4. The van der Waals surface area contributed by atoms with Crippen LogP contribution in [0.15, 0.2) is 0 Å². The van der Waals surface area contributed by atoms with Crippen molar-refractivity contribution in [2.24, 2.45) is 23.1 Å². The average Bonchev–Trinajstić information content (AvgIpc) is 2.66. The molecule has 0 aromatic rings. The predicted octanol–water partition coefficient (Wildman–Crippen LogP) is -3.97. The zero-order valence-corrected chi connectivity index (χ0v) is 18.0. The van der Waals surface area contributed by atoms with Crippen LogP contribution in [0.25, 0.3) is 0 Å². The molecule has 14 nitrogen and oxygen atoms in total. The van der Waals surface area contributed by atoms with Gasteiger partial charge in [-0.15, -0.1) is 0 Å².